The van der Waals surface area contributed by atoms with Crippen LogP contribution >= 0.6 is 15.9 Å². The maximum absolute atomic E-state index is 11.9. The van der Waals surface area contributed by atoms with E-state index < -0.39 is 0 Å². The van der Waals surface area contributed by atoms with E-state index in [2.05, 4.69) is 26.3 Å². The summed E-state index contributed by atoms with van der Waals surface area (Å²) in [5, 5.41) is 7.00. The Balaban J connectivity index is 2.33. The highest BCUT2D eigenvalue weighted by Gasteiger charge is 2.06. The largest absolute Gasteiger partial charge is 0.497 e. The maximum Gasteiger partial charge on any atom is 0.269 e. The first-order valence-electron chi connectivity index (χ1n) is 5.71. The van der Waals surface area contributed by atoms with Crippen molar-refractivity contribution in [1.29, 1.82) is 0 Å². The van der Waals surface area contributed by atoms with Crippen molar-refractivity contribution in [3.8, 4) is 5.75 Å². The Morgan fingerprint density at radius 2 is 2.21 bits per heavy atom. The molecular weight excluding hydrogens is 310 g/mol. The summed E-state index contributed by atoms with van der Waals surface area (Å²) in [6.07, 6.45) is 1.62. The minimum Gasteiger partial charge on any atom is -0.497 e. The third-order valence-corrected chi connectivity index (χ3v) is 3.50. The molecular formula is C13H14BrN3O2. The second kappa shape index (κ2) is 5.88. The maximum atomic E-state index is 11.9. The molecule has 6 heteroatoms. The molecule has 1 aromatic heterocycles. The molecule has 0 saturated carbocycles. The van der Waals surface area contributed by atoms with E-state index in [1.807, 2.05) is 18.2 Å². The quantitative estimate of drug-likeness (QED) is 0.936. The van der Waals surface area contributed by atoms with Crippen LogP contribution in [0.15, 0.2) is 39.7 Å². The number of nitrogens with zero attached hydrogens (tertiary/aromatic N) is 2. The second-order valence-corrected chi connectivity index (χ2v) is 4.80. The van der Waals surface area contributed by atoms with Crippen molar-refractivity contribution in [2.75, 3.05) is 19.5 Å². The van der Waals surface area contributed by atoms with Crippen LogP contribution in [0.4, 0.5) is 5.69 Å². The normalized spacial score (nSPS) is 10.3. The average Bonchev–Trinajstić information content (AvgIpc) is 2.43. The van der Waals surface area contributed by atoms with Gasteiger partial charge in [-0.2, -0.15) is 5.10 Å². The van der Waals surface area contributed by atoms with Gasteiger partial charge in [-0.15, -0.1) is 0 Å². The zero-order valence-electron chi connectivity index (χ0n) is 10.7. The van der Waals surface area contributed by atoms with E-state index in [1.54, 1.807) is 20.4 Å². The van der Waals surface area contributed by atoms with E-state index in [9.17, 15) is 4.79 Å². The Kier molecular flexibility index (Phi) is 4.21. The number of hydrogen-bond donors (Lipinski definition) is 1. The fraction of sp³-hybridized carbons (Fsp3) is 0.231. The van der Waals surface area contributed by atoms with Gasteiger partial charge in [-0.05, 0) is 23.8 Å². The predicted molar refractivity (Wildman–Crippen MR) is 77.8 cm³/mol. The van der Waals surface area contributed by atoms with Gasteiger partial charge in [0.05, 0.1) is 25.5 Å². The number of rotatable bonds is 4. The fourth-order valence-electron chi connectivity index (χ4n) is 1.65. The Hall–Kier alpha value is -1.82. The number of anilines is 1. The molecule has 0 aliphatic carbocycles. The number of ether oxygens (including phenoxy) is 1. The fourth-order valence-corrected chi connectivity index (χ4v) is 2.02. The summed E-state index contributed by atoms with van der Waals surface area (Å²) >= 11 is 3.46. The minimum absolute atomic E-state index is 0.151. The molecule has 1 aromatic carbocycles. The van der Waals surface area contributed by atoms with Crippen molar-refractivity contribution in [2.24, 2.45) is 0 Å². The van der Waals surface area contributed by atoms with Crippen molar-refractivity contribution in [1.82, 2.24) is 9.78 Å². The molecule has 0 saturated heterocycles. The summed E-state index contributed by atoms with van der Waals surface area (Å²) in [4.78, 5) is 11.9. The smallest absolute Gasteiger partial charge is 0.269 e. The van der Waals surface area contributed by atoms with Gasteiger partial charge in [-0.25, -0.2) is 4.68 Å². The zero-order valence-corrected chi connectivity index (χ0v) is 12.3. The summed E-state index contributed by atoms with van der Waals surface area (Å²) in [6.45, 7) is 0.389. The molecule has 0 amide bonds. The van der Waals surface area contributed by atoms with Crippen molar-refractivity contribution < 1.29 is 4.74 Å². The standard InChI is InChI=1S/C13H14BrN3O2/c1-15-10-6-13(18)17(16-7-10)8-9-5-11(19-2)3-4-12(9)14/h3-7,15H,8H2,1-2H3. The lowest BCUT2D eigenvalue weighted by Crippen LogP contribution is -2.23. The Bertz CT molecular complexity index is 640. The SMILES string of the molecule is CNc1cnn(Cc2cc(OC)ccc2Br)c(=O)c1. The first kappa shape index (κ1) is 13.6. The number of benzene rings is 1. The first-order chi connectivity index (χ1) is 9.13. The van der Waals surface area contributed by atoms with Crippen LogP contribution in [0, 0.1) is 0 Å². The molecule has 0 spiro atoms. The summed E-state index contributed by atoms with van der Waals surface area (Å²) in [5.74, 6) is 0.748. The van der Waals surface area contributed by atoms with E-state index in [-0.39, 0.29) is 5.56 Å². The Labute approximate surface area is 119 Å². The van der Waals surface area contributed by atoms with Crippen LogP contribution in [-0.2, 0) is 6.54 Å². The van der Waals surface area contributed by atoms with Gasteiger partial charge < -0.3 is 10.1 Å². The zero-order chi connectivity index (χ0) is 13.8. The highest BCUT2D eigenvalue weighted by molar-refractivity contribution is 9.10. The molecule has 2 rings (SSSR count). The average molecular weight is 324 g/mol. The monoisotopic (exact) mass is 323 g/mol. The van der Waals surface area contributed by atoms with Gasteiger partial charge in [-0.3, -0.25) is 4.79 Å². The number of nitrogens with one attached hydrogen (secondary N) is 1. The molecule has 1 heterocycles. The lowest BCUT2D eigenvalue weighted by Gasteiger charge is -2.09. The van der Waals surface area contributed by atoms with Crippen molar-refractivity contribution in [3.05, 3.63) is 50.9 Å². The minimum atomic E-state index is -0.151. The summed E-state index contributed by atoms with van der Waals surface area (Å²) < 4.78 is 7.50. The van der Waals surface area contributed by atoms with Crippen LogP contribution in [0.1, 0.15) is 5.56 Å². The number of aromatic nitrogens is 2. The third kappa shape index (κ3) is 3.14. The lowest BCUT2D eigenvalue weighted by molar-refractivity contribution is 0.414. The molecule has 0 unspecified atom stereocenters. The highest BCUT2D eigenvalue weighted by atomic mass is 79.9. The van der Waals surface area contributed by atoms with Crippen LogP contribution in [0.5, 0.6) is 5.75 Å². The van der Waals surface area contributed by atoms with Crippen molar-refractivity contribution in [2.45, 2.75) is 6.54 Å². The Morgan fingerprint density at radius 1 is 1.42 bits per heavy atom. The topological polar surface area (TPSA) is 56.1 Å². The molecule has 5 nitrogen and oxygen atoms in total. The van der Waals surface area contributed by atoms with E-state index in [0.29, 0.717) is 12.2 Å². The molecule has 100 valence electrons. The molecule has 0 atom stereocenters. The lowest BCUT2D eigenvalue weighted by atomic mass is 10.2. The molecule has 0 fully saturated rings. The van der Waals surface area contributed by atoms with Gasteiger partial charge in [0.15, 0.2) is 0 Å². The third-order valence-electron chi connectivity index (χ3n) is 2.73. The van der Waals surface area contributed by atoms with Gasteiger partial charge in [-0.1, -0.05) is 15.9 Å². The van der Waals surface area contributed by atoms with Crippen molar-refractivity contribution in [3.63, 3.8) is 0 Å². The number of hydrogen-bond acceptors (Lipinski definition) is 4. The van der Waals surface area contributed by atoms with Crippen LogP contribution in [-0.4, -0.2) is 23.9 Å². The first-order valence-corrected chi connectivity index (χ1v) is 6.50. The second-order valence-electron chi connectivity index (χ2n) is 3.95. The molecule has 0 aliphatic heterocycles. The number of halogens is 1. The van der Waals surface area contributed by atoms with Gasteiger partial charge in [0.25, 0.3) is 5.56 Å². The van der Waals surface area contributed by atoms with E-state index in [0.717, 1.165) is 15.8 Å². The van der Waals surface area contributed by atoms with Gasteiger partial charge in [0.1, 0.15) is 5.75 Å². The van der Waals surface area contributed by atoms with Gasteiger partial charge in [0.2, 0.25) is 0 Å². The number of methoxy groups -OCH3 is 1. The Morgan fingerprint density at radius 3 is 2.84 bits per heavy atom. The molecule has 0 bridgehead atoms. The molecule has 2 aromatic rings. The summed E-state index contributed by atoms with van der Waals surface area (Å²) in [7, 11) is 3.36. The predicted octanol–water partition coefficient (Wildman–Crippen LogP) is 2.10. The summed E-state index contributed by atoms with van der Waals surface area (Å²) in [6, 6.07) is 7.14. The van der Waals surface area contributed by atoms with E-state index in [1.165, 1.54) is 10.7 Å². The molecule has 0 radical (unpaired) electrons. The van der Waals surface area contributed by atoms with Crippen LogP contribution in [0.2, 0.25) is 0 Å². The summed E-state index contributed by atoms with van der Waals surface area (Å²) in [5.41, 5.74) is 1.48. The van der Waals surface area contributed by atoms with Crippen LogP contribution in [0.25, 0.3) is 0 Å². The molecule has 19 heavy (non-hydrogen) atoms. The van der Waals surface area contributed by atoms with Gasteiger partial charge in [0, 0.05) is 17.6 Å². The molecule has 1 N–H and O–H groups in total. The van der Waals surface area contributed by atoms with Crippen molar-refractivity contribution >= 4 is 21.6 Å². The van der Waals surface area contributed by atoms with Crippen LogP contribution < -0.4 is 15.6 Å². The van der Waals surface area contributed by atoms with Crippen LogP contribution in [0.3, 0.4) is 0 Å². The van der Waals surface area contributed by atoms with E-state index >= 15 is 0 Å². The van der Waals surface area contributed by atoms with E-state index in [4.69, 9.17) is 4.74 Å². The highest BCUT2D eigenvalue weighted by Crippen LogP contribution is 2.22. The van der Waals surface area contributed by atoms with Gasteiger partial charge >= 0.3 is 0 Å². The molecule has 0 aliphatic rings.